The Kier molecular flexibility index (Phi) is 10.0. The average molecular weight is 592 g/mol. The van der Waals surface area contributed by atoms with Crippen LogP contribution in [0.4, 0.5) is 0 Å². The van der Waals surface area contributed by atoms with Gasteiger partial charge in [0.15, 0.2) is 8.32 Å². The zero-order valence-corrected chi connectivity index (χ0v) is 27.7. The predicted molar refractivity (Wildman–Crippen MR) is 182 cm³/mol. The summed E-state index contributed by atoms with van der Waals surface area (Å²) in [5.74, 6) is 0.446. The van der Waals surface area contributed by atoms with Crippen molar-refractivity contribution in [3.63, 3.8) is 0 Å². The topological polar surface area (TPSA) is 21.7 Å². The second kappa shape index (κ2) is 13.7. The second-order valence-corrected chi connectivity index (χ2v) is 18.4. The molecule has 0 N–H and O–H groups in total. The van der Waals surface area contributed by atoms with Crippen molar-refractivity contribution in [2.24, 2.45) is 5.92 Å². The molecule has 1 aliphatic rings. The Morgan fingerprint density at radius 2 is 1.16 bits per heavy atom. The fraction of sp³-hybridized carbons (Fsp3) is 0.385. The largest absolute Gasteiger partial charge is 0.412 e. The number of nitrogens with zero attached hydrogens (tertiary/aromatic N) is 1. The van der Waals surface area contributed by atoms with E-state index >= 15 is 0 Å². The standard InChI is InChI=1S/C39H49NO2Si/c1-38(2,3)43(4,5)42-37-31-40(30-32-18-10-6-11-19-32)28-26-33(37)27-29-41-39(34-20-12-7-13-21-34,35-22-14-8-15-23-35)36-24-16-9-17-25-36/h6-25,33,37H,26-31H2,1-5H3/t33-,37+/m0/s1. The molecule has 1 saturated heterocycles. The lowest BCUT2D eigenvalue weighted by atomic mass is 9.80. The lowest BCUT2D eigenvalue weighted by Gasteiger charge is -2.46. The summed E-state index contributed by atoms with van der Waals surface area (Å²) in [5.41, 5.74) is 4.14. The number of hydrogen-bond acceptors (Lipinski definition) is 3. The quantitative estimate of drug-likeness (QED) is 0.128. The van der Waals surface area contributed by atoms with Crippen LogP contribution in [0.5, 0.6) is 0 Å². The molecule has 1 heterocycles. The van der Waals surface area contributed by atoms with Crippen LogP contribution in [-0.4, -0.2) is 39.0 Å². The molecule has 226 valence electrons. The number of rotatable bonds is 11. The molecule has 4 aromatic rings. The van der Waals surface area contributed by atoms with Gasteiger partial charge >= 0.3 is 0 Å². The Labute approximate surface area is 261 Å². The van der Waals surface area contributed by atoms with Gasteiger partial charge in [0.25, 0.3) is 0 Å². The zero-order valence-electron chi connectivity index (χ0n) is 26.7. The van der Waals surface area contributed by atoms with E-state index in [1.165, 1.54) is 5.56 Å². The van der Waals surface area contributed by atoms with Crippen molar-refractivity contribution in [1.82, 2.24) is 4.90 Å². The van der Waals surface area contributed by atoms with Gasteiger partial charge in [-0.1, -0.05) is 142 Å². The first-order valence-electron chi connectivity index (χ1n) is 15.9. The minimum absolute atomic E-state index is 0.166. The average Bonchev–Trinajstić information content (AvgIpc) is 3.01. The summed E-state index contributed by atoms with van der Waals surface area (Å²) in [5, 5.41) is 0.166. The van der Waals surface area contributed by atoms with Crippen LogP contribution < -0.4 is 0 Å². The predicted octanol–water partition coefficient (Wildman–Crippen LogP) is 9.30. The smallest absolute Gasteiger partial charge is 0.192 e. The SMILES string of the molecule is CC(C)(C)[Si](C)(C)O[C@@H]1CN(Cc2ccccc2)CC[C@H]1CCOC(c1ccccc1)(c1ccccc1)c1ccccc1. The van der Waals surface area contributed by atoms with Gasteiger partial charge in [-0.3, -0.25) is 4.90 Å². The summed E-state index contributed by atoms with van der Waals surface area (Å²) >= 11 is 0. The summed E-state index contributed by atoms with van der Waals surface area (Å²) in [7, 11) is -1.96. The fourth-order valence-electron chi connectivity index (χ4n) is 6.17. The third kappa shape index (κ3) is 7.38. The lowest BCUT2D eigenvalue weighted by molar-refractivity contribution is -0.0234. The highest BCUT2D eigenvalue weighted by Gasteiger charge is 2.43. The van der Waals surface area contributed by atoms with Gasteiger partial charge in [0, 0.05) is 19.7 Å². The van der Waals surface area contributed by atoms with Crippen molar-refractivity contribution in [2.45, 2.75) is 70.0 Å². The molecule has 4 aromatic carbocycles. The molecule has 4 heteroatoms. The number of piperidine rings is 1. The van der Waals surface area contributed by atoms with E-state index in [1.807, 2.05) is 0 Å². The summed E-state index contributed by atoms with van der Waals surface area (Å²) < 4.78 is 14.4. The van der Waals surface area contributed by atoms with Crippen LogP contribution in [0.15, 0.2) is 121 Å². The van der Waals surface area contributed by atoms with E-state index in [0.29, 0.717) is 12.5 Å². The Morgan fingerprint density at radius 1 is 0.698 bits per heavy atom. The third-order valence-electron chi connectivity index (χ3n) is 9.63. The molecule has 0 radical (unpaired) electrons. The van der Waals surface area contributed by atoms with E-state index in [2.05, 4.69) is 160 Å². The van der Waals surface area contributed by atoms with Crippen LogP contribution in [0.2, 0.25) is 18.1 Å². The van der Waals surface area contributed by atoms with Crippen LogP contribution in [0.3, 0.4) is 0 Å². The van der Waals surface area contributed by atoms with E-state index in [9.17, 15) is 0 Å². The fourth-order valence-corrected chi connectivity index (χ4v) is 7.54. The lowest BCUT2D eigenvalue weighted by Crippen LogP contribution is -2.52. The second-order valence-electron chi connectivity index (χ2n) is 13.6. The van der Waals surface area contributed by atoms with Crippen LogP contribution in [0.1, 0.15) is 55.9 Å². The Morgan fingerprint density at radius 3 is 1.63 bits per heavy atom. The van der Waals surface area contributed by atoms with E-state index in [1.54, 1.807) is 0 Å². The van der Waals surface area contributed by atoms with Crippen molar-refractivity contribution in [3.8, 4) is 0 Å². The maximum atomic E-state index is 7.20. The molecule has 1 fully saturated rings. The highest BCUT2D eigenvalue weighted by atomic mass is 28.4. The van der Waals surface area contributed by atoms with Gasteiger partial charge in [-0.25, -0.2) is 0 Å². The molecule has 1 aliphatic heterocycles. The summed E-state index contributed by atoms with van der Waals surface area (Å²) in [6.45, 7) is 15.5. The molecule has 0 bridgehead atoms. The van der Waals surface area contributed by atoms with Gasteiger partial charge in [0.2, 0.25) is 0 Å². The number of ether oxygens (including phenoxy) is 1. The van der Waals surface area contributed by atoms with Gasteiger partial charge in [-0.05, 0) is 65.7 Å². The molecule has 5 rings (SSSR count). The normalized spacial score (nSPS) is 18.4. The van der Waals surface area contributed by atoms with E-state index in [0.717, 1.165) is 49.2 Å². The first kappa shape index (κ1) is 31.4. The van der Waals surface area contributed by atoms with Crippen molar-refractivity contribution in [2.75, 3.05) is 19.7 Å². The van der Waals surface area contributed by atoms with E-state index < -0.39 is 13.9 Å². The van der Waals surface area contributed by atoms with E-state index in [-0.39, 0.29) is 11.1 Å². The molecule has 43 heavy (non-hydrogen) atoms. The molecule has 2 atom stereocenters. The highest BCUT2D eigenvalue weighted by molar-refractivity contribution is 6.74. The van der Waals surface area contributed by atoms with Gasteiger partial charge < -0.3 is 9.16 Å². The molecular formula is C39H49NO2Si. The molecule has 3 nitrogen and oxygen atoms in total. The Hall–Kier alpha value is -3.02. The van der Waals surface area contributed by atoms with Gasteiger partial charge in [-0.2, -0.15) is 0 Å². The number of benzene rings is 4. The summed E-state index contributed by atoms with van der Waals surface area (Å²) in [6.07, 6.45) is 2.28. The molecule has 0 aliphatic carbocycles. The van der Waals surface area contributed by atoms with Crippen molar-refractivity contribution >= 4 is 8.32 Å². The first-order valence-corrected chi connectivity index (χ1v) is 18.8. The van der Waals surface area contributed by atoms with E-state index in [4.69, 9.17) is 9.16 Å². The summed E-state index contributed by atoms with van der Waals surface area (Å²) in [6, 6.07) is 43.0. The third-order valence-corrected chi connectivity index (χ3v) is 14.1. The van der Waals surface area contributed by atoms with Gasteiger partial charge in [0.1, 0.15) is 5.60 Å². The molecule has 0 saturated carbocycles. The summed E-state index contributed by atoms with van der Waals surface area (Å²) in [4.78, 5) is 2.59. The maximum absolute atomic E-state index is 7.20. The highest BCUT2D eigenvalue weighted by Crippen LogP contribution is 2.42. The monoisotopic (exact) mass is 591 g/mol. The van der Waals surface area contributed by atoms with Crippen LogP contribution in [0, 0.1) is 5.92 Å². The van der Waals surface area contributed by atoms with Crippen LogP contribution in [-0.2, 0) is 21.3 Å². The first-order chi connectivity index (χ1) is 20.7. The molecular weight excluding hydrogens is 543 g/mol. The number of hydrogen-bond donors (Lipinski definition) is 0. The molecule has 0 spiro atoms. The zero-order chi connectivity index (χ0) is 30.3. The van der Waals surface area contributed by atoms with Crippen molar-refractivity contribution in [1.29, 1.82) is 0 Å². The van der Waals surface area contributed by atoms with Crippen molar-refractivity contribution in [3.05, 3.63) is 144 Å². The Bertz CT molecular complexity index is 1290. The van der Waals surface area contributed by atoms with Crippen LogP contribution in [0.25, 0.3) is 0 Å². The Balaban J connectivity index is 1.40. The van der Waals surface area contributed by atoms with Crippen LogP contribution >= 0.6 is 0 Å². The van der Waals surface area contributed by atoms with Crippen molar-refractivity contribution < 1.29 is 9.16 Å². The van der Waals surface area contributed by atoms with Gasteiger partial charge in [-0.15, -0.1) is 0 Å². The minimum Gasteiger partial charge on any atom is -0.412 e. The molecule has 0 amide bonds. The maximum Gasteiger partial charge on any atom is 0.192 e. The van der Waals surface area contributed by atoms with Gasteiger partial charge in [0.05, 0.1) is 6.10 Å². The molecule has 0 aromatic heterocycles. The number of likely N-dealkylation sites (tertiary alicyclic amines) is 1. The minimum atomic E-state index is -1.96. The molecule has 0 unspecified atom stereocenters.